The van der Waals surface area contributed by atoms with Gasteiger partial charge in [0.1, 0.15) is 13.2 Å². The minimum Gasteiger partial charge on any atom is -0.462 e. The Morgan fingerprint density at radius 1 is 0.318 bits per heavy atom. The molecule has 0 aromatic carbocycles. The molecule has 0 spiro atoms. The van der Waals surface area contributed by atoms with E-state index in [1.807, 2.05) is 0 Å². The summed E-state index contributed by atoms with van der Waals surface area (Å²) in [5.41, 5.74) is 0. The maximum absolute atomic E-state index is 12.8. The van der Waals surface area contributed by atoms with Crippen LogP contribution in [0.5, 0.6) is 0 Å². The van der Waals surface area contributed by atoms with E-state index in [2.05, 4.69) is 118 Å². The smallest absolute Gasteiger partial charge is 0.306 e. The highest BCUT2D eigenvalue weighted by atomic mass is 16.6. The van der Waals surface area contributed by atoms with Crippen molar-refractivity contribution in [2.45, 2.75) is 252 Å². The van der Waals surface area contributed by atoms with E-state index in [4.69, 9.17) is 14.2 Å². The first-order valence-electron chi connectivity index (χ1n) is 27.2. The number of esters is 3. The Morgan fingerprint density at radius 2 is 0.591 bits per heavy atom. The summed E-state index contributed by atoms with van der Waals surface area (Å²) in [7, 11) is 0. The van der Waals surface area contributed by atoms with E-state index >= 15 is 0 Å². The van der Waals surface area contributed by atoms with Crippen LogP contribution in [0, 0.1) is 0 Å². The monoisotopic (exact) mass is 917 g/mol. The summed E-state index contributed by atoms with van der Waals surface area (Å²) in [6.07, 6.45) is 71.5. The van der Waals surface area contributed by atoms with Crippen molar-refractivity contribution in [3.05, 3.63) is 97.2 Å². The summed E-state index contributed by atoms with van der Waals surface area (Å²) in [5.74, 6) is -0.945. The first-order valence-corrected chi connectivity index (χ1v) is 27.2. The molecule has 0 amide bonds. The molecule has 376 valence electrons. The van der Waals surface area contributed by atoms with Gasteiger partial charge in [0.15, 0.2) is 6.10 Å². The molecule has 0 saturated heterocycles. The second kappa shape index (κ2) is 53.9. The van der Waals surface area contributed by atoms with Gasteiger partial charge in [-0.15, -0.1) is 0 Å². The molecule has 0 aromatic rings. The summed E-state index contributed by atoms with van der Waals surface area (Å²) in [6, 6.07) is 0. The SMILES string of the molecule is CC/C=C\C/C=C\C/C=C\C/C=C\C/C=C\C/C=C\C/C=C\CCCCCC(=O)OCC(COC(=O)CCCCCCC)OC(=O)CCCCCCCCC/C=C\CCCCCCCCC. The predicted octanol–water partition coefficient (Wildman–Crippen LogP) is 18.1. The minimum absolute atomic E-state index is 0.0912. The van der Waals surface area contributed by atoms with E-state index in [-0.39, 0.29) is 31.1 Å². The molecule has 0 rings (SSSR count). The number of ether oxygens (including phenoxy) is 3. The van der Waals surface area contributed by atoms with Crippen molar-refractivity contribution in [2.24, 2.45) is 0 Å². The fraction of sp³-hybridized carbons (Fsp3) is 0.683. The Balaban J connectivity index is 4.23. The van der Waals surface area contributed by atoms with Gasteiger partial charge in [-0.2, -0.15) is 0 Å². The van der Waals surface area contributed by atoms with Crippen molar-refractivity contribution in [1.29, 1.82) is 0 Å². The van der Waals surface area contributed by atoms with E-state index in [1.54, 1.807) is 0 Å². The van der Waals surface area contributed by atoms with Crippen LogP contribution in [0.15, 0.2) is 97.2 Å². The van der Waals surface area contributed by atoms with E-state index < -0.39 is 6.10 Å². The number of allylic oxidation sites excluding steroid dienone is 16. The summed E-state index contributed by atoms with van der Waals surface area (Å²) in [6.45, 7) is 6.40. The summed E-state index contributed by atoms with van der Waals surface area (Å²) >= 11 is 0. The highest BCUT2D eigenvalue weighted by molar-refractivity contribution is 5.71. The molecule has 6 nitrogen and oxygen atoms in total. The Morgan fingerprint density at radius 3 is 0.955 bits per heavy atom. The molecular weight excluding hydrogens is 817 g/mol. The number of hydrogen-bond acceptors (Lipinski definition) is 6. The van der Waals surface area contributed by atoms with Crippen LogP contribution in [-0.2, 0) is 28.6 Å². The third-order valence-corrected chi connectivity index (χ3v) is 11.3. The molecule has 1 unspecified atom stereocenters. The first kappa shape index (κ1) is 62.3. The van der Waals surface area contributed by atoms with Gasteiger partial charge in [0.2, 0.25) is 0 Å². The maximum atomic E-state index is 12.8. The Bertz CT molecular complexity index is 1330. The summed E-state index contributed by atoms with van der Waals surface area (Å²) in [4.78, 5) is 37.7. The van der Waals surface area contributed by atoms with Crippen LogP contribution < -0.4 is 0 Å². The zero-order chi connectivity index (χ0) is 47.9. The lowest BCUT2D eigenvalue weighted by atomic mass is 10.1. The molecule has 0 fully saturated rings. The molecule has 0 aliphatic carbocycles. The van der Waals surface area contributed by atoms with Crippen LogP contribution >= 0.6 is 0 Å². The lowest BCUT2D eigenvalue weighted by molar-refractivity contribution is -0.167. The largest absolute Gasteiger partial charge is 0.462 e. The molecule has 0 N–H and O–H groups in total. The molecule has 0 heterocycles. The van der Waals surface area contributed by atoms with Gasteiger partial charge in [-0.1, -0.05) is 221 Å². The maximum Gasteiger partial charge on any atom is 0.306 e. The molecule has 0 radical (unpaired) electrons. The van der Waals surface area contributed by atoms with Crippen molar-refractivity contribution in [3.63, 3.8) is 0 Å². The summed E-state index contributed by atoms with van der Waals surface area (Å²) < 4.78 is 16.7. The average Bonchev–Trinajstić information content (AvgIpc) is 3.31. The molecule has 0 aliphatic heterocycles. The third-order valence-electron chi connectivity index (χ3n) is 11.3. The number of unbranched alkanes of at least 4 members (excludes halogenated alkanes) is 21. The highest BCUT2D eigenvalue weighted by Crippen LogP contribution is 2.14. The van der Waals surface area contributed by atoms with Crippen molar-refractivity contribution >= 4 is 17.9 Å². The third kappa shape index (κ3) is 51.3. The lowest BCUT2D eigenvalue weighted by Gasteiger charge is -2.18. The normalized spacial score (nSPS) is 12.8. The zero-order valence-corrected chi connectivity index (χ0v) is 42.9. The van der Waals surface area contributed by atoms with Crippen LogP contribution in [0.1, 0.15) is 245 Å². The molecular formula is C60H100O6. The van der Waals surface area contributed by atoms with Crippen molar-refractivity contribution in [1.82, 2.24) is 0 Å². The second-order valence-corrected chi connectivity index (χ2v) is 17.8. The van der Waals surface area contributed by atoms with Crippen LogP contribution in [0.2, 0.25) is 0 Å². The minimum atomic E-state index is -0.790. The standard InChI is InChI=1S/C60H100O6/c1-4-7-10-13-15-17-19-21-23-25-27-28-29-30-31-32-33-35-36-38-40-42-44-47-50-53-59(62)65-56-57(55-64-58(61)52-49-46-12-9-6-3)66-60(63)54-51-48-45-43-41-39-37-34-26-24-22-20-18-16-14-11-8-5-2/h7,10,15,17,21,23-24,26-28,30-31,33,35,38,40,57H,4-6,8-9,11-14,16,18-20,22,25,29,32,34,36-37,39,41-56H2,1-3H3/b10-7-,17-15-,23-21-,26-24-,28-27-,31-30-,35-33-,40-38-. The van der Waals surface area contributed by atoms with Gasteiger partial charge in [-0.3, -0.25) is 14.4 Å². The van der Waals surface area contributed by atoms with E-state index in [0.717, 1.165) is 116 Å². The molecule has 6 heteroatoms. The number of rotatable bonds is 48. The average molecular weight is 917 g/mol. The fourth-order valence-electron chi connectivity index (χ4n) is 7.24. The highest BCUT2D eigenvalue weighted by Gasteiger charge is 2.19. The predicted molar refractivity (Wildman–Crippen MR) is 284 cm³/mol. The molecule has 1 atom stereocenters. The van der Waals surface area contributed by atoms with Crippen molar-refractivity contribution < 1.29 is 28.6 Å². The Hall–Kier alpha value is -3.67. The van der Waals surface area contributed by atoms with Gasteiger partial charge in [0, 0.05) is 19.3 Å². The van der Waals surface area contributed by atoms with Crippen LogP contribution in [0.4, 0.5) is 0 Å². The van der Waals surface area contributed by atoms with E-state index in [9.17, 15) is 14.4 Å². The molecule has 0 aliphatic rings. The van der Waals surface area contributed by atoms with Gasteiger partial charge < -0.3 is 14.2 Å². The van der Waals surface area contributed by atoms with Gasteiger partial charge in [-0.05, 0) is 103 Å². The van der Waals surface area contributed by atoms with Gasteiger partial charge in [0.25, 0.3) is 0 Å². The number of carbonyl (C=O) groups is 3. The van der Waals surface area contributed by atoms with Gasteiger partial charge in [-0.25, -0.2) is 0 Å². The van der Waals surface area contributed by atoms with E-state index in [0.29, 0.717) is 19.3 Å². The van der Waals surface area contributed by atoms with Gasteiger partial charge >= 0.3 is 17.9 Å². The molecule has 0 aromatic heterocycles. The van der Waals surface area contributed by atoms with E-state index in [1.165, 1.54) is 89.9 Å². The lowest BCUT2D eigenvalue weighted by Crippen LogP contribution is -2.30. The van der Waals surface area contributed by atoms with Crippen molar-refractivity contribution in [2.75, 3.05) is 13.2 Å². The topological polar surface area (TPSA) is 78.9 Å². The van der Waals surface area contributed by atoms with Crippen molar-refractivity contribution in [3.8, 4) is 0 Å². The second-order valence-electron chi connectivity index (χ2n) is 17.8. The number of carbonyl (C=O) groups excluding carboxylic acids is 3. The van der Waals surface area contributed by atoms with Crippen LogP contribution in [0.25, 0.3) is 0 Å². The Labute approximate surface area is 407 Å². The quantitative estimate of drug-likeness (QED) is 0.0262. The molecule has 0 bridgehead atoms. The summed E-state index contributed by atoms with van der Waals surface area (Å²) in [5, 5.41) is 0. The van der Waals surface area contributed by atoms with Crippen LogP contribution in [0.3, 0.4) is 0 Å². The number of hydrogen-bond donors (Lipinski definition) is 0. The molecule has 66 heavy (non-hydrogen) atoms. The Kier molecular flexibility index (Phi) is 50.9. The fourth-order valence-corrected chi connectivity index (χ4v) is 7.24. The van der Waals surface area contributed by atoms with Crippen LogP contribution in [-0.4, -0.2) is 37.2 Å². The van der Waals surface area contributed by atoms with Gasteiger partial charge in [0.05, 0.1) is 0 Å². The molecule has 0 saturated carbocycles. The zero-order valence-electron chi connectivity index (χ0n) is 42.9. The first-order chi connectivity index (χ1) is 32.5.